The third-order valence-electron chi connectivity index (χ3n) is 4.90. The van der Waals surface area contributed by atoms with Crippen molar-refractivity contribution in [2.45, 2.75) is 103 Å². The molecular formula is C21H41N5O2S. The van der Waals surface area contributed by atoms with Crippen LogP contribution in [0.1, 0.15) is 103 Å². The van der Waals surface area contributed by atoms with Crippen molar-refractivity contribution in [1.82, 2.24) is 20.9 Å². The fourth-order valence-corrected chi connectivity index (χ4v) is 3.38. The SMILES string of the molecule is CCCCCCCCCCCCCCCCNC(=O)NNc1nc(CCS)no1. The molecule has 0 saturated heterocycles. The zero-order chi connectivity index (χ0) is 21.0. The minimum absolute atomic E-state index is 0.174. The van der Waals surface area contributed by atoms with Gasteiger partial charge in [-0.25, -0.2) is 15.6 Å². The van der Waals surface area contributed by atoms with Crippen molar-refractivity contribution < 1.29 is 9.32 Å². The second-order valence-corrected chi connectivity index (χ2v) is 8.04. The molecule has 0 saturated carbocycles. The van der Waals surface area contributed by atoms with E-state index in [1.165, 1.54) is 77.0 Å². The Morgan fingerprint density at radius 2 is 1.45 bits per heavy atom. The van der Waals surface area contributed by atoms with Gasteiger partial charge >= 0.3 is 12.0 Å². The number of nitrogens with one attached hydrogen (secondary N) is 3. The van der Waals surface area contributed by atoms with Gasteiger partial charge in [-0.2, -0.15) is 17.6 Å². The van der Waals surface area contributed by atoms with Crippen LogP contribution in [0, 0.1) is 0 Å². The number of unbranched alkanes of at least 4 members (excludes halogenated alkanes) is 13. The van der Waals surface area contributed by atoms with E-state index in [0.717, 1.165) is 12.8 Å². The van der Waals surface area contributed by atoms with Crippen molar-refractivity contribution in [2.75, 3.05) is 17.7 Å². The molecule has 0 unspecified atom stereocenters. The fourth-order valence-electron chi connectivity index (χ4n) is 3.18. The van der Waals surface area contributed by atoms with Gasteiger partial charge in [-0.1, -0.05) is 95.6 Å². The number of hydrazine groups is 1. The predicted molar refractivity (Wildman–Crippen MR) is 122 cm³/mol. The largest absolute Gasteiger partial charge is 0.340 e. The van der Waals surface area contributed by atoms with Crippen LogP contribution in [0.3, 0.4) is 0 Å². The van der Waals surface area contributed by atoms with Gasteiger partial charge in [0.1, 0.15) is 0 Å². The molecule has 0 atom stereocenters. The summed E-state index contributed by atoms with van der Waals surface area (Å²) in [5.41, 5.74) is 5.09. The van der Waals surface area contributed by atoms with E-state index >= 15 is 0 Å². The molecule has 3 N–H and O–H groups in total. The number of anilines is 1. The number of rotatable bonds is 19. The quantitative estimate of drug-likeness (QED) is 0.130. The number of aryl methyl sites for hydroxylation is 1. The number of amides is 2. The molecule has 0 aliphatic rings. The maximum Gasteiger partial charge on any atom is 0.340 e. The summed E-state index contributed by atoms with van der Waals surface area (Å²) in [5, 5.41) is 6.57. The summed E-state index contributed by atoms with van der Waals surface area (Å²) >= 11 is 4.11. The van der Waals surface area contributed by atoms with E-state index in [2.05, 4.69) is 45.9 Å². The van der Waals surface area contributed by atoms with E-state index in [0.29, 0.717) is 24.5 Å². The molecule has 8 heteroatoms. The topological polar surface area (TPSA) is 92.1 Å². The van der Waals surface area contributed by atoms with Gasteiger partial charge in [0.05, 0.1) is 0 Å². The zero-order valence-electron chi connectivity index (χ0n) is 18.2. The molecule has 0 radical (unpaired) electrons. The summed E-state index contributed by atoms with van der Waals surface area (Å²) < 4.78 is 4.95. The first-order valence-corrected chi connectivity index (χ1v) is 12.1. The third kappa shape index (κ3) is 15.1. The van der Waals surface area contributed by atoms with Crippen molar-refractivity contribution in [3.63, 3.8) is 0 Å². The second-order valence-electron chi connectivity index (χ2n) is 7.59. The highest BCUT2D eigenvalue weighted by Crippen LogP contribution is 2.12. The molecule has 1 aromatic rings. The predicted octanol–water partition coefficient (Wildman–Crippen LogP) is 5.65. The maximum atomic E-state index is 11.7. The number of thiol groups is 1. The highest BCUT2D eigenvalue weighted by atomic mass is 32.1. The summed E-state index contributed by atoms with van der Waals surface area (Å²) in [6, 6.07) is -0.123. The lowest BCUT2D eigenvalue weighted by molar-refractivity contribution is 0.242. The van der Waals surface area contributed by atoms with Gasteiger partial charge in [-0.15, -0.1) is 0 Å². The first-order valence-electron chi connectivity index (χ1n) is 11.5. The number of hydrogen-bond acceptors (Lipinski definition) is 6. The van der Waals surface area contributed by atoms with E-state index in [-0.39, 0.29) is 12.0 Å². The maximum absolute atomic E-state index is 11.7. The molecule has 2 amide bonds. The first kappa shape index (κ1) is 25.6. The van der Waals surface area contributed by atoms with Gasteiger partial charge in [0.2, 0.25) is 0 Å². The molecule has 0 aliphatic carbocycles. The average molecular weight is 428 g/mol. The minimum Gasteiger partial charge on any atom is -0.337 e. The second kappa shape index (κ2) is 18.6. The van der Waals surface area contributed by atoms with E-state index in [1.807, 2.05) is 0 Å². The van der Waals surface area contributed by atoms with Crippen LogP contribution in [0.2, 0.25) is 0 Å². The molecule has 168 valence electrons. The average Bonchev–Trinajstić information content (AvgIpc) is 3.17. The Morgan fingerprint density at radius 1 is 0.897 bits per heavy atom. The van der Waals surface area contributed by atoms with Gasteiger partial charge < -0.3 is 9.84 Å². The summed E-state index contributed by atoms with van der Waals surface area (Å²) in [5.74, 6) is 1.21. The zero-order valence-corrected chi connectivity index (χ0v) is 19.1. The van der Waals surface area contributed by atoms with Crippen molar-refractivity contribution in [2.24, 2.45) is 0 Å². The normalized spacial score (nSPS) is 10.8. The van der Waals surface area contributed by atoms with Gasteiger partial charge in [-0.3, -0.25) is 0 Å². The molecular weight excluding hydrogens is 386 g/mol. The van der Waals surface area contributed by atoms with Gasteiger partial charge in [0, 0.05) is 13.0 Å². The van der Waals surface area contributed by atoms with Gasteiger partial charge in [-0.05, 0) is 12.2 Å². The van der Waals surface area contributed by atoms with Crippen LogP contribution in [0.4, 0.5) is 10.8 Å². The van der Waals surface area contributed by atoms with Crippen LogP contribution in [0.25, 0.3) is 0 Å². The van der Waals surface area contributed by atoms with Gasteiger partial charge in [0.25, 0.3) is 0 Å². The number of hydrogen-bond donors (Lipinski definition) is 4. The lowest BCUT2D eigenvalue weighted by Gasteiger charge is -2.07. The van der Waals surface area contributed by atoms with Crippen molar-refractivity contribution >= 4 is 24.7 Å². The number of nitrogens with zero attached hydrogens (tertiary/aromatic N) is 2. The summed E-state index contributed by atoms with van der Waals surface area (Å²) in [7, 11) is 0. The van der Waals surface area contributed by atoms with E-state index < -0.39 is 0 Å². The van der Waals surface area contributed by atoms with Gasteiger partial charge in [0.15, 0.2) is 5.82 Å². The Labute approximate surface area is 181 Å². The standard InChI is InChI=1S/C21H41N5O2S/c1-2-3-4-5-6-7-8-9-10-11-12-13-14-15-17-22-20(27)24-25-21-23-19(16-18-29)26-28-21/h29H,2-18H2,1H3,(H2,22,24,27)(H,23,25,26). The van der Waals surface area contributed by atoms with Crippen molar-refractivity contribution in [1.29, 1.82) is 0 Å². The fraction of sp³-hybridized carbons (Fsp3) is 0.857. The first-order chi connectivity index (χ1) is 14.3. The van der Waals surface area contributed by atoms with Crippen molar-refractivity contribution in [3.8, 4) is 0 Å². The molecule has 0 aromatic carbocycles. The van der Waals surface area contributed by atoms with Crippen LogP contribution >= 0.6 is 12.6 Å². The molecule has 0 bridgehead atoms. The van der Waals surface area contributed by atoms with Crippen LogP contribution in [0.15, 0.2) is 4.52 Å². The van der Waals surface area contributed by atoms with Crippen molar-refractivity contribution in [3.05, 3.63) is 5.82 Å². The molecule has 1 heterocycles. The van der Waals surface area contributed by atoms with E-state index in [9.17, 15) is 4.79 Å². The summed E-state index contributed by atoms with van der Waals surface area (Å²) in [6.45, 7) is 2.94. The molecule has 0 aliphatic heterocycles. The number of aromatic nitrogens is 2. The summed E-state index contributed by atoms with van der Waals surface area (Å²) in [6.07, 6.45) is 19.2. The van der Waals surface area contributed by atoms with E-state index in [4.69, 9.17) is 4.52 Å². The highest BCUT2D eigenvalue weighted by Gasteiger charge is 2.06. The Bertz CT molecular complexity index is 513. The summed E-state index contributed by atoms with van der Waals surface area (Å²) in [4.78, 5) is 15.8. The molecule has 29 heavy (non-hydrogen) atoms. The van der Waals surface area contributed by atoms with Crippen LogP contribution in [0.5, 0.6) is 0 Å². The number of urea groups is 1. The molecule has 7 nitrogen and oxygen atoms in total. The Morgan fingerprint density at radius 3 is 2.00 bits per heavy atom. The lowest BCUT2D eigenvalue weighted by Crippen LogP contribution is -2.39. The van der Waals surface area contributed by atoms with Crippen LogP contribution in [-0.2, 0) is 6.42 Å². The Balaban J connectivity index is 1.81. The molecule has 0 fully saturated rings. The smallest absolute Gasteiger partial charge is 0.337 e. The lowest BCUT2D eigenvalue weighted by atomic mass is 10.0. The van der Waals surface area contributed by atoms with E-state index in [1.54, 1.807) is 0 Å². The van der Waals surface area contributed by atoms with Crippen LogP contribution < -0.4 is 16.2 Å². The number of carbonyl (C=O) groups excluding carboxylic acids is 1. The number of carbonyl (C=O) groups is 1. The molecule has 1 rings (SSSR count). The highest BCUT2D eigenvalue weighted by molar-refractivity contribution is 7.80. The Kier molecular flexibility index (Phi) is 16.4. The minimum atomic E-state index is -0.298. The Hall–Kier alpha value is -1.44. The molecule has 0 spiro atoms. The monoisotopic (exact) mass is 427 g/mol. The molecule has 1 aromatic heterocycles. The van der Waals surface area contributed by atoms with Crippen LogP contribution in [-0.4, -0.2) is 28.5 Å². The third-order valence-corrected chi connectivity index (χ3v) is 5.13.